The molecule has 3 aromatic carbocycles. The lowest BCUT2D eigenvalue weighted by atomic mass is 9.83. The molecule has 0 bridgehead atoms. The standard InChI is InChI=1S/C17H8I2O/c18-12-7-8-13(19)16-15(12)10-5-1-3-9-4-2-6-11(14(9)10)17(16)20/h1-8H. The predicted molar refractivity (Wildman–Crippen MR) is 98.3 cm³/mol. The van der Waals surface area contributed by atoms with Crippen molar-refractivity contribution in [2.45, 2.75) is 0 Å². The Hall–Kier alpha value is -0.950. The summed E-state index contributed by atoms with van der Waals surface area (Å²) < 4.78 is 2.16. The summed E-state index contributed by atoms with van der Waals surface area (Å²) in [7, 11) is 0. The second-order valence-electron chi connectivity index (χ2n) is 4.82. The summed E-state index contributed by atoms with van der Waals surface area (Å²) in [5, 5.41) is 2.22. The molecule has 0 amide bonds. The number of halogens is 2. The van der Waals surface area contributed by atoms with Gasteiger partial charge in [-0.1, -0.05) is 36.4 Å². The van der Waals surface area contributed by atoms with Crippen molar-refractivity contribution >= 4 is 61.7 Å². The van der Waals surface area contributed by atoms with Gasteiger partial charge in [0.1, 0.15) is 0 Å². The van der Waals surface area contributed by atoms with Crippen LogP contribution in [0.25, 0.3) is 21.9 Å². The highest BCUT2D eigenvalue weighted by Gasteiger charge is 2.28. The van der Waals surface area contributed by atoms with Gasteiger partial charge in [0.15, 0.2) is 5.78 Å². The quantitative estimate of drug-likeness (QED) is 0.313. The largest absolute Gasteiger partial charge is 0.289 e. The van der Waals surface area contributed by atoms with Gasteiger partial charge >= 0.3 is 0 Å². The molecule has 4 rings (SSSR count). The molecular weight excluding hydrogens is 474 g/mol. The van der Waals surface area contributed by atoms with Crippen LogP contribution in [0.15, 0.2) is 48.5 Å². The zero-order chi connectivity index (χ0) is 13.9. The molecule has 0 unspecified atom stereocenters. The summed E-state index contributed by atoms with van der Waals surface area (Å²) in [5.74, 6) is 0.146. The Morgan fingerprint density at radius 2 is 1.30 bits per heavy atom. The van der Waals surface area contributed by atoms with Gasteiger partial charge in [-0.2, -0.15) is 0 Å². The fourth-order valence-corrected chi connectivity index (χ4v) is 4.34. The van der Waals surface area contributed by atoms with Crippen molar-refractivity contribution in [2.24, 2.45) is 0 Å². The Bertz CT molecular complexity index is 892. The topological polar surface area (TPSA) is 17.1 Å². The summed E-state index contributed by atoms with van der Waals surface area (Å²) in [5.41, 5.74) is 3.94. The predicted octanol–water partition coefficient (Wildman–Crippen LogP) is 5.26. The molecule has 1 aliphatic carbocycles. The maximum atomic E-state index is 12.9. The number of hydrogen-bond donors (Lipinski definition) is 0. The lowest BCUT2D eigenvalue weighted by Crippen LogP contribution is -2.12. The van der Waals surface area contributed by atoms with Gasteiger partial charge in [-0.05, 0) is 68.3 Å². The summed E-state index contributed by atoms with van der Waals surface area (Å²) >= 11 is 4.58. The van der Waals surface area contributed by atoms with Crippen LogP contribution in [0.1, 0.15) is 15.9 Å². The molecule has 0 aromatic heterocycles. The summed E-state index contributed by atoms with van der Waals surface area (Å²) in [6.07, 6.45) is 0. The molecule has 0 heterocycles. The molecule has 1 nitrogen and oxygen atoms in total. The number of benzene rings is 3. The van der Waals surface area contributed by atoms with Crippen LogP contribution in [0.2, 0.25) is 0 Å². The fraction of sp³-hybridized carbons (Fsp3) is 0. The van der Waals surface area contributed by atoms with E-state index < -0.39 is 0 Å². The molecule has 0 saturated heterocycles. The van der Waals surface area contributed by atoms with E-state index in [1.165, 1.54) is 5.56 Å². The molecule has 96 valence electrons. The summed E-state index contributed by atoms with van der Waals surface area (Å²) in [4.78, 5) is 12.9. The van der Waals surface area contributed by atoms with E-state index in [2.05, 4.69) is 75.5 Å². The fourth-order valence-electron chi connectivity index (χ4n) is 2.91. The summed E-state index contributed by atoms with van der Waals surface area (Å²) in [6.45, 7) is 0. The van der Waals surface area contributed by atoms with Gasteiger partial charge in [0.05, 0.1) is 0 Å². The lowest BCUT2D eigenvalue weighted by molar-refractivity contribution is 0.103. The molecule has 0 aliphatic heterocycles. The van der Waals surface area contributed by atoms with E-state index in [1.807, 2.05) is 18.2 Å². The highest BCUT2D eigenvalue weighted by molar-refractivity contribution is 14.1. The third-order valence-corrected chi connectivity index (χ3v) is 5.55. The third kappa shape index (κ3) is 1.62. The minimum Gasteiger partial charge on any atom is -0.289 e. The van der Waals surface area contributed by atoms with Gasteiger partial charge < -0.3 is 0 Å². The van der Waals surface area contributed by atoms with Crippen molar-refractivity contribution in [1.29, 1.82) is 0 Å². The Kier molecular flexibility index (Phi) is 2.89. The minimum atomic E-state index is 0.146. The second-order valence-corrected chi connectivity index (χ2v) is 7.14. The van der Waals surface area contributed by atoms with Gasteiger partial charge in [-0.25, -0.2) is 0 Å². The number of hydrogen-bond acceptors (Lipinski definition) is 1. The smallest absolute Gasteiger partial charge is 0.195 e. The molecule has 3 aromatic rings. The van der Waals surface area contributed by atoms with Crippen molar-refractivity contribution in [3.05, 3.63) is 66.8 Å². The molecule has 0 fully saturated rings. The van der Waals surface area contributed by atoms with Crippen LogP contribution in [0, 0.1) is 7.14 Å². The molecule has 0 N–H and O–H groups in total. The summed E-state index contributed by atoms with van der Waals surface area (Å²) in [6, 6.07) is 16.3. The molecule has 0 atom stereocenters. The van der Waals surface area contributed by atoms with Crippen molar-refractivity contribution in [1.82, 2.24) is 0 Å². The molecular formula is C17H8I2O. The zero-order valence-electron chi connectivity index (χ0n) is 10.3. The van der Waals surface area contributed by atoms with Gasteiger partial charge in [0, 0.05) is 29.2 Å². The van der Waals surface area contributed by atoms with Crippen LogP contribution in [-0.4, -0.2) is 5.78 Å². The average Bonchev–Trinajstić information content (AvgIpc) is 2.47. The maximum Gasteiger partial charge on any atom is 0.195 e. The van der Waals surface area contributed by atoms with E-state index >= 15 is 0 Å². The van der Waals surface area contributed by atoms with Crippen molar-refractivity contribution in [3.8, 4) is 11.1 Å². The lowest BCUT2D eigenvalue weighted by Gasteiger charge is -2.22. The third-order valence-electron chi connectivity index (χ3n) is 3.75. The van der Waals surface area contributed by atoms with Gasteiger partial charge in [0.2, 0.25) is 0 Å². The second kappa shape index (κ2) is 4.53. The Labute approximate surface area is 143 Å². The van der Waals surface area contributed by atoms with Gasteiger partial charge in [-0.15, -0.1) is 0 Å². The SMILES string of the molecule is O=C1c2c(I)ccc(I)c2-c2cccc3cccc1c23. The van der Waals surface area contributed by atoms with E-state index in [4.69, 9.17) is 0 Å². The molecule has 1 aliphatic rings. The van der Waals surface area contributed by atoms with Gasteiger partial charge in [0.25, 0.3) is 0 Å². The molecule has 0 saturated carbocycles. The van der Waals surface area contributed by atoms with Crippen LogP contribution in [0.5, 0.6) is 0 Å². The number of carbonyl (C=O) groups excluding carboxylic acids is 1. The number of carbonyl (C=O) groups is 1. The Morgan fingerprint density at radius 3 is 2.00 bits per heavy atom. The van der Waals surface area contributed by atoms with E-state index in [9.17, 15) is 4.79 Å². The van der Waals surface area contributed by atoms with Crippen molar-refractivity contribution < 1.29 is 4.79 Å². The molecule has 20 heavy (non-hydrogen) atoms. The first-order chi connectivity index (χ1) is 9.68. The minimum absolute atomic E-state index is 0.146. The van der Waals surface area contributed by atoms with E-state index in [0.29, 0.717) is 0 Å². The number of fused-ring (bicyclic) bond motifs is 2. The van der Waals surface area contributed by atoms with E-state index in [0.717, 1.165) is 34.6 Å². The van der Waals surface area contributed by atoms with Crippen LogP contribution in [0.3, 0.4) is 0 Å². The van der Waals surface area contributed by atoms with Crippen LogP contribution < -0.4 is 0 Å². The average molecular weight is 482 g/mol. The highest BCUT2D eigenvalue weighted by Crippen LogP contribution is 2.42. The number of rotatable bonds is 0. The highest BCUT2D eigenvalue weighted by atomic mass is 127. The zero-order valence-corrected chi connectivity index (χ0v) is 14.6. The van der Waals surface area contributed by atoms with Crippen LogP contribution in [0.4, 0.5) is 0 Å². The van der Waals surface area contributed by atoms with E-state index in [1.54, 1.807) is 0 Å². The molecule has 0 spiro atoms. The first-order valence-corrected chi connectivity index (χ1v) is 8.39. The molecule has 0 radical (unpaired) electrons. The monoisotopic (exact) mass is 482 g/mol. The first-order valence-electron chi connectivity index (χ1n) is 6.23. The number of ketones is 1. The van der Waals surface area contributed by atoms with Crippen molar-refractivity contribution in [3.63, 3.8) is 0 Å². The Balaban J connectivity index is 2.30. The van der Waals surface area contributed by atoms with Crippen LogP contribution in [-0.2, 0) is 0 Å². The normalized spacial score (nSPS) is 12.6. The Morgan fingerprint density at radius 1 is 0.700 bits per heavy atom. The first kappa shape index (κ1) is 12.8. The van der Waals surface area contributed by atoms with E-state index in [-0.39, 0.29) is 5.78 Å². The van der Waals surface area contributed by atoms with Crippen LogP contribution >= 0.6 is 45.2 Å². The molecule has 3 heteroatoms. The van der Waals surface area contributed by atoms with Gasteiger partial charge in [-0.3, -0.25) is 4.79 Å². The van der Waals surface area contributed by atoms with Crippen molar-refractivity contribution in [2.75, 3.05) is 0 Å². The maximum absolute atomic E-state index is 12.9.